The van der Waals surface area contributed by atoms with Crippen LogP contribution in [0.5, 0.6) is 0 Å². The summed E-state index contributed by atoms with van der Waals surface area (Å²) in [4.78, 5) is 23.7. The Morgan fingerprint density at radius 2 is 2.05 bits per heavy atom. The fourth-order valence-electron chi connectivity index (χ4n) is 2.83. The van der Waals surface area contributed by atoms with Crippen molar-refractivity contribution < 1.29 is 14.3 Å². The number of hydrogen-bond donors (Lipinski definition) is 1. The molecule has 1 aliphatic carbocycles. The van der Waals surface area contributed by atoms with E-state index in [2.05, 4.69) is 5.32 Å². The number of rotatable bonds is 2. The first-order valence-corrected chi connectivity index (χ1v) is 7.21. The van der Waals surface area contributed by atoms with Gasteiger partial charge >= 0.3 is 5.97 Å². The number of hydrogen-bond acceptors (Lipinski definition) is 3. The molecule has 0 radical (unpaired) electrons. The van der Waals surface area contributed by atoms with Crippen LogP contribution in [0.25, 0.3) is 5.57 Å². The Morgan fingerprint density at radius 3 is 2.77 bits per heavy atom. The highest BCUT2D eigenvalue weighted by molar-refractivity contribution is 6.31. The summed E-state index contributed by atoms with van der Waals surface area (Å²) in [6.45, 7) is 1.95. The SMILES string of the molecule is COC(=O)C1=CC(C)=C(/C=C2\C(=O)Nc3ccccc32)CC1. The van der Waals surface area contributed by atoms with E-state index < -0.39 is 0 Å². The number of esters is 1. The van der Waals surface area contributed by atoms with Gasteiger partial charge in [-0.05, 0) is 49.1 Å². The molecule has 112 valence electrons. The van der Waals surface area contributed by atoms with Crippen LogP contribution in [0.2, 0.25) is 0 Å². The highest BCUT2D eigenvalue weighted by Crippen LogP contribution is 2.34. The van der Waals surface area contributed by atoms with Gasteiger partial charge in [-0.25, -0.2) is 4.79 Å². The first-order valence-electron chi connectivity index (χ1n) is 7.21. The van der Waals surface area contributed by atoms with Gasteiger partial charge in [0, 0.05) is 22.4 Å². The Labute approximate surface area is 129 Å². The van der Waals surface area contributed by atoms with Crippen LogP contribution in [-0.4, -0.2) is 19.0 Å². The van der Waals surface area contributed by atoms with E-state index in [0.29, 0.717) is 17.6 Å². The Kier molecular flexibility index (Phi) is 3.67. The number of nitrogens with one attached hydrogen (secondary N) is 1. The van der Waals surface area contributed by atoms with Gasteiger partial charge in [-0.3, -0.25) is 4.79 Å². The van der Waals surface area contributed by atoms with Gasteiger partial charge in [0.15, 0.2) is 0 Å². The van der Waals surface area contributed by atoms with Gasteiger partial charge in [0.25, 0.3) is 5.91 Å². The number of carbonyl (C=O) groups is 2. The number of fused-ring (bicyclic) bond motifs is 1. The van der Waals surface area contributed by atoms with E-state index in [0.717, 1.165) is 28.8 Å². The summed E-state index contributed by atoms with van der Waals surface area (Å²) in [6.07, 6.45) is 5.14. The number of methoxy groups -OCH3 is 1. The predicted molar refractivity (Wildman–Crippen MR) is 85.1 cm³/mol. The molecule has 1 aromatic carbocycles. The molecule has 1 aliphatic heterocycles. The summed E-state index contributed by atoms with van der Waals surface area (Å²) in [7, 11) is 1.39. The number of amides is 1. The number of anilines is 1. The molecule has 0 unspecified atom stereocenters. The molecule has 22 heavy (non-hydrogen) atoms. The number of allylic oxidation sites excluding steroid dienone is 4. The van der Waals surface area contributed by atoms with E-state index in [4.69, 9.17) is 4.74 Å². The van der Waals surface area contributed by atoms with E-state index in [1.807, 2.05) is 43.3 Å². The zero-order chi connectivity index (χ0) is 15.7. The third kappa shape index (κ3) is 2.48. The molecule has 3 rings (SSSR count). The molecule has 0 fully saturated rings. The largest absolute Gasteiger partial charge is 0.466 e. The van der Waals surface area contributed by atoms with E-state index in [1.54, 1.807) is 0 Å². The Hall–Kier alpha value is -2.62. The third-order valence-electron chi connectivity index (χ3n) is 4.04. The summed E-state index contributed by atoms with van der Waals surface area (Å²) >= 11 is 0. The molecule has 1 heterocycles. The minimum absolute atomic E-state index is 0.0794. The standard InChI is InChI=1S/C18H17NO3/c1-11-9-13(18(21)22-2)8-7-12(11)10-15-14-5-3-4-6-16(14)19-17(15)20/h3-6,9-10H,7-8H2,1-2H3,(H,19,20)/b15-10-. The zero-order valence-electron chi connectivity index (χ0n) is 12.6. The highest BCUT2D eigenvalue weighted by Gasteiger charge is 2.24. The molecule has 0 spiro atoms. The molecule has 1 amide bonds. The topological polar surface area (TPSA) is 55.4 Å². The van der Waals surface area contributed by atoms with Crippen molar-refractivity contribution in [3.05, 3.63) is 58.7 Å². The van der Waals surface area contributed by atoms with Crippen molar-refractivity contribution in [1.29, 1.82) is 0 Å². The minimum Gasteiger partial charge on any atom is -0.466 e. The predicted octanol–water partition coefficient (Wildman–Crippen LogP) is 3.23. The van der Waals surface area contributed by atoms with Crippen LogP contribution in [0.4, 0.5) is 5.69 Å². The van der Waals surface area contributed by atoms with Gasteiger partial charge in [-0.2, -0.15) is 0 Å². The van der Waals surface area contributed by atoms with Crippen molar-refractivity contribution in [1.82, 2.24) is 0 Å². The number of carbonyl (C=O) groups excluding carboxylic acids is 2. The zero-order valence-corrected chi connectivity index (χ0v) is 12.6. The fourth-order valence-corrected chi connectivity index (χ4v) is 2.83. The van der Waals surface area contributed by atoms with Crippen LogP contribution in [0, 0.1) is 0 Å². The second-order valence-electron chi connectivity index (χ2n) is 5.43. The molecule has 0 bridgehead atoms. The van der Waals surface area contributed by atoms with Gasteiger partial charge in [0.05, 0.1) is 7.11 Å². The van der Waals surface area contributed by atoms with Crippen molar-refractivity contribution >= 4 is 23.1 Å². The highest BCUT2D eigenvalue weighted by atomic mass is 16.5. The lowest BCUT2D eigenvalue weighted by Crippen LogP contribution is -2.09. The molecule has 1 aromatic rings. The monoisotopic (exact) mass is 295 g/mol. The molecule has 4 heteroatoms. The maximum Gasteiger partial charge on any atom is 0.333 e. The fraction of sp³-hybridized carbons (Fsp3) is 0.222. The smallest absolute Gasteiger partial charge is 0.333 e. The molecule has 4 nitrogen and oxygen atoms in total. The van der Waals surface area contributed by atoms with Crippen molar-refractivity contribution in [3.63, 3.8) is 0 Å². The van der Waals surface area contributed by atoms with Crippen LogP contribution in [0.1, 0.15) is 25.3 Å². The summed E-state index contributed by atoms with van der Waals surface area (Å²) in [5.41, 5.74) is 5.21. The van der Waals surface area contributed by atoms with Crippen molar-refractivity contribution in [2.45, 2.75) is 19.8 Å². The second-order valence-corrected chi connectivity index (χ2v) is 5.43. The van der Waals surface area contributed by atoms with Crippen molar-refractivity contribution in [2.75, 3.05) is 12.4 Å². The Balaban J connectivity index is 1.98. The lowest BCUT2D eigenvalue weighted by atomic mass is 9.91. The van der Waals surface area contributed by atoms with E-state index in [9.17, 15) is 9.59 Å². The summed E-state index contributed by atoms with van der Waals surface area (Å²) in [5.74, 6) is -0.362. The molecule has 1 N–H and O–H groups in total. The molecule has 0 saturated carbocycles. The molecular formula is C18H17NO3. The summed E-state index contributed by atoms with van der Waals surface area (Å²) in [6, 6.07) is 7.65. The average molecular weight is 295 g/mol. The molecule has 2 aliphatic rings. The number of para-hydroxylation sites is 1. The van der Waals surface area contributed by atoms with E-state index in [-0.39, 0.29) is 11.9 Å². The van der Waals surface area contributed by atoms with Gasteiger partial charge in [-0.1, -0.05) is 18.2 Å². The van der Waals surface area contributed by atoms with Crippen LogP contribution in [0.15, 0.2) is 53.1 Å². The lowest BCUT2D eigenvalue weighted by molar-refractivity contribution is -0.136. The first kappa shape index (κ1) is 14.3. The van der Waals surface area contributed by atoms with Crippen LogP contribution in [0.3, 0.4) is 0 Å². The summed E-state index contributed by atoms with van der Waals surface area (Å²) < 4.78 is 4.76. The Morgan fingerprint density at radius 1 is 1.27 bits per heavy atom. The van der Waals surface area contributed by atoms with Crippen LogP contribution in [-0.2, 0) is 14.3 Å². The number of ether oxygens (including phenoxy) is 1. The number of benzene rings is 1. The Bertz CT molecular complexity index is 753. The molecule has 0 aromatic heterocycles. The van der Waals surface area contributed by atoms with Crippen molar-refractivity contribution in [3.8, 4) is 0 Å². The van der Waals surface area contributed by atoms with Gasteiger partial charge in [-0.15, -0.1) is 0 Å². The summed E-state index contributed by atoms with van der Waals surface area (Å²) in [5, 5.41) is 2.87. The second kappa shape index (κ2) is 5.64. The first-order chi connectivity index (χ1) is 10.6. The van der Waals surface area contributed by atoms with E-state index >= 15 is 0 Å². The van der Waals surface area contributed by atoms with Crippen molar-refractivity contribution in [2.24, 2.45) is 0 Å². The average Bonchev–Trinajstić information content (AvgIpc) is 2.84. The van der Waals surface area contributed by atoms with Gasteiger partial charge in [0.1, 0.15) is 0 Å². The van der Waals surface area contributed by atoms with Gasteiger partial charge < -0.3 is 10.1 Å². The molecule has 0 atom stereocenters. The maximum atomic E-state index is 12.1. The van der Waals surface area contributed by atoms with E-state index in [1.165, 1.54) is 7.11 Å². The van der Waals surface area contributed by atoms with Crippen LogP contribution >= 0.6 is 0 Å². The van der Waals surface area contributed by atoms with Gasteiger partial charge in [0.2, 0.25) is 0 Å². The molecular weight excluding hydrogens is 278 g/mol. The maximum absolute atomic E-state index is 12.1. The lowest BCUT2D eigenvalue weighted by Gasteiger charge is -2.15. The normalized spacial score (nSPS) is 18.9. The molecule has 0 saturated heterocycles. The minimum atomic E-state index is -0.282. The quantitative estimate of drug-likeness (QED) is 0.673. The van der Waals surface area contributed by atoms with Crippen LogP contribution < -0.4 is 5.32 Å². The third-order valence-corrected chi connectivity index (χ3v) is 4.04.